The lowest BCUT2D eigenvalue weighted by Gasteiger charge is -2.34. The van der Waals surface area contributed by atoms with Gasteiger partial charge in [-0.2, -0.15) is 0 Å². The number of nitrogens with zero attached hydrogens (tertiary/aromatic N) is 1. The zero-order valence-electron chi connectivity index (χ0n) is 12.1. The van der Waals surface area contributed by atoms with Crippen LogP contribution in [0, 0.1) is 5.92 Å². The highest BCUT2D eigenvalue weighted by atomic mass is 32.2. The second kappa shape index (κ2) is 6.43. The molecule has 1 N–H and O–H groups in total. The van der Waals surface area contributed by atoms with Crippen LogP contribution in [0.5, 0.6) is 0 Å². The summed E-state index contributed by atoms with van der Waals surface area (Å²) < 4.78 is 23.3. The Balaban J connectivity index is 2.08. The van der Waals surface area contributed by atoms with E-state index >= 15 is 0 Å². The third-order valence-corrected chi connectivity index (χ3v) is 6.44. The molecule has 5 nitrogen and oxygen atoms in total. The quantitative estimate of drug-likeness (QED) is 0.797. The maximum atomic E-state index is 11.7. The minimum absolute atomic E-state index is 0.0285. The van der Waals surface area contributed by atoms with E-state index in [-0.39, 0.29) is 30.1 Å². The van der Waals surface area contributed by atoms with Gasteiger partial charge >= 0.3 is 5.97 Å². The first kappa shape index (κ1) is 15.8. The Morgan fingerprint density at radius 1 is 1.15 bits per heavy atom. The molecule has 0 radical (unpaired) electrons. The zero-order chi connectivity index (χ0) is 14.8. The minimum atomic E-state index is -2.97. The van der Waals surface area contributed by atoms with Crippen LogP contribution >= 0.6 is 0 Å². The number of sulfone groups is 1. The number of rotatable bonds is 4. The van der Waals surface area contributed by atoms with Crippen LogP contribution in [0.1, 0.15) is 45.4 Å². The Kier molecular flexibility index (Phi) is 5.07. The topological polar surface area (TPSA) is 74.7 Å². The van der Waals surface area contributed by atoms with E-state index in [0.29, 0.717) is 12.3 Å². The molecule has 1 aliphatic carbocycles. The van der Waals surface area contributed by atoms with Crippen molar-refractivity contribution in [2.24, 2.45) is 5.92 Å². The Hall–Kier alpha value is -0.620. The largest absolute Gasteiger partial charge is 0.480 e. The van der Waals surface area contributed by atoms with Crippen molar-refractivity contribution in [3.8, 4) is 0 Å². The van der Waals surface area contributed by atoms with Crippen molar-refractivity contribution < 1.29 is 18.3 Å². The van der Waals surface area contributed by atoms with Gasteiger partial charge in [0.1, 0.15) is 0 Å². The van der Waals surface area contributed by atoms with E-state index in [1.54, 1.807) is 0 Å². The maximum Gasteiger partial charge on any atom is 0.317 e. The molecule has 6 heteroatoms. The molecule has 0 aromatic carbocycles. The molecule has 0 bridgehead atoms. The number of carboxylic acids is 1. The van der Waals surface area contributed by atoms with Gasteiger partial charge in [0.05, 0.1) is 18.1 Å². The van der Waals surface area contributed by atoms with Crippen LogP contribution in [0.3, 0.4) is 0 Å². The fraction of sp³-hybridized carbons (Fsp3) is 0.929. The molecule has 3 unspecified atom stereocenters. The van der Waals surface area contributed by atoms with E-state index in [2.05, 4.69) is 6.92 Å². The molecule has 1 heterocycles. The predicted octanol–water partition coefficient (Wildman–Crippen LogP) is 1.53. The number of hydrogen-bond acceptors (Lipinski definition) is 4. The lowest BCUT2D eigenvalue weighted by Crippen LogP contribution is -2.46. The van der Waals surface area contributed by atoms with Gasteiger partial charge in [-0.25, -0.2) is 8.42 Å². The van der Waals surface area contributed by atoms with Crippen molar-refractivity contribution in [3.63, 3.8) is 0 Å². The van der Waals surface area contributed by atoms with Gasteiger partial charge < -0.3 is 5.11 Å². The van der Waals surface area contributed by atoms with E-state index in [0.717, 1.165) is 25.7 Å². The molecule has 2 aliphatic rings. The number of aliphatic carboxylic acids is 1. The van der Waals surface area contributed by atoms with Crippen LogP contribution in [0.4, 0.5) is 0 Å². The monoisotopic (exact) mass is 303 g/mol. The number of carboxylic acid groups (broad SMARTS) is 1. The standard InChI is InChI=1S/C14H25NO4S/c1-11-3-2-4-12(6-5-11)15(9-14(16)17)13-7-8-20(18,19)10-13/h11-13H,2-10H2,1H3,(H,16,17). The van der Waals surface area contributed by atoms with Gasteiger partial charge in [-0.1, -0.05) is 19.8 Å². The average Bonchev–Trinajstić information content (AvgIpc) is 2.56. The van der Waals surface area contributed by atoms with Gasteiger partial charge in [0, 0.05) is 12.1 Å². The molecule has 0 amide bonds. The van der Waals surface area contributed by atoms with E-state index in [4.69, 9.17) is 5.11 Å². The predicted molar refractivity (Wildman–Crippen MR) is 77.4 cm³/mol. The van der Waals surface area contributed by atoms with E-state index in [1.807, 2.05) is 4.90 Å². The van der Waals surface area contributed by atoms with Crippen LogP contribution in [0.2, 0.25) is 0 Å². The lowest BCUT2D eigenvalue weighted by molar-refractivity contribution is -0.139. The summed E-state index contributed by atoms with van der Waals surface area (Å²) in [5, 5.41) is 9.14. The van der Waals surface area contributed by atoms with Crippen molar-refractivity contribution in [2.75, 3.05) is 18.1 Å². The first-order valence-electron chi connectivity index (χ1n) is 7.55. The van der Waals surface area contributed by atoms with Crippen molar-refractivity contribution in [2.45, 2.75) is 57.5 Å². The molecule has 1 saturated carbocycles. The first-order valence-corrected chi connectivity index (χ1v) is 9.37. The summed E-state index contributed by atoms with van der Waals surface area (Å²) in [6, 6.07) is 0.129. The molecule has 0 aromatic rings. The molecule has 3 atom stereocenters. The molecule has 2 rings (SSSR count). The van der Waals surface area contributed by atoms with Gasteiger partial charge in [-0.05, 0) is 31.6 Å². The Morgan fingerprint density at radius 2 is 1.90 bits per heavy atom. The second-order valence-electron chi connectivity index (χ2n) is 6.39. The van der Waals surface area contributed by atoms with Gasteiger partial charge in [0.2, 0.25) is 0 Å². The van der Waals surface area contributed by atoms with Gasteiger partial charge in [0.15, 0.2) is 9.84 Å². The summed E-state index contributed by atoms with van der Waals surface area (Å²) in [5.74, 6) is 0.175. The van der Waals surface area contributed by atoms with E-state index in [1.165, 1.54) is 6.42 Å². The third kappa shape index (κ3) is 4.19. The first-order chi connectivity index (χ1) is 9.37. The fourth-order valence-electron chi connectivity index (χ4n) is 3.55. The summed E-state index contributed by atoms with van der Waals surface area (Å²) in [6.07, 6.45) is 5.99. The Bertz CT molecular complexity index is 448. The van der Waals surface area contributed by atoms with Crippen LogP contribution < -0.4 is 0 Å². The molecule has 1 saturated heterocycles. The zero-order valence-corrected chi connectivity index (χ0v) is 12.9. The molecular weight excluding hydrogens is 278 g/mol. The summed E-state index contributed by atoms with van der Waals surface area (Å²) in [6.45, 7) is 2.21. The van der Waals surface area contributed by atoms with Crippen molar-refractivity contribution in [3.05, 3.63) is 0 Å². The summed E-state index contributed by atoms with van der Waals surface area (Å²) in [4.78, 5) is 13.1. The van der Waals surface area contributed by atoms with Gasteiger partial charge in [0.25, 0.3) is 0 Å². The highest BCUT2D eigenvalue weighted by molar-refractivity contribution is 7.91. The van der Waals surface area contributed by atoms with Gasteiger partial charge in [-0.3, -0.25) is 9.69 Å². The molecule has 1 aliphatic heterocycles. The fourth-order valence-corrected chi connectivity index (χ4v) is 5.29. The van der Waals surface area contributed by atoms with Crippen molar-refractivity contribution >= 4 is 15.8 Å². The van der Waals surface area contributed by atoms with E-state index in [9.17, 15) is 13.2 Å². The summed E-state index contributed by atoms with van der Waals surface area (Å²) in [7, 11) is -2.97. The van der Waals surface area contributed by atoms with E-state index < -0.39 is 15.8 Å². The minimum Gasteiger partial charge on any atom is -0.480 e. The van der Waals surface area contributed by atoms with Crippen LogP contribution in [-0.4, -0.2) is 54.5 Å². The van der Waals surface area contributed by atoms with Gasteiger partial charge in [-0.15, -0.1) is 0 Å². The van der Waals surface area contributed by atoms with Crippen molar-refractivity contribution in [1.29, 1.82) is 0 Å². The molecule has 0 aromatic heterocycles. The Morgan fingerprint density at radius 3 is 2.50 bits per heavy atom. The summed E-state index contributed by atoms with van der Waals surface area (Å²) in [5.41, 5.74) is 0. The second-order valence-corrected chi connectivity index (χ2v) is 8.62. The lowest BCUT2D eigenvalue weighted by atomic mass is 10.0. The average molecular weight is 303 g/mol. The molecule has 0 spiro atoms. The third-order valence-electron chi connectivity index (χ3n) is 4.69. The highest BCUT2D eigenvalue weighted by Gasteiger charge is 2.36. The highest BCUT2D eigenvalue weighted by Crippen LogP contribution is 2.29. The van der Waals surface area contributed by atoms with Crippen LogP contribution in [0.25, 0.3) is 0 Å². The number of carbonyl (C=O) groups is 1. The molecule has 116 valence electrons. The van der Waals surface area contributed by atoms with Crippen LogP contribution in [-0.2, 0) is 14.6 Å². The number of hydrogen-bond donors (Lipinski definition) is 1. The SMILES string of the molecule is CC1CCCC(N(CC(=O)O)C2CCS(=O)(=O)C2)CC1. The van der Waals surface area contributed by atoms with Crippen molar-refractivity contribution in [1.82, 2.24) is 4.90 Å². The molecule has 2 fully saturated rings. The smallest absolute Gasteiger partial charge is 0.317 e. The molecule has 20 heavy (non-hydrogen) atoms. The van der Waals surface area contributed by atoms with Crippen LogP contribution in [0.15, 0.2) is 0 Å². The summed E-state index contributed by atoms with van der Waals surface area (Å²) >= 11 is 0. The maximum absolute atomic E-state index is 11.7. The normalized spacial score (nSPS) is 34.0. The molecular formula is C14H25NO4S. The Labute approximate surface area is 121 Å².